The summed E-state index contributed by atoms with van der Waals surface area (Å²) in [6, 6.07) is 16.5. The van der Waals surface area contributed by atoms with Crippen LogP contribution < -0.4 is 5.32 Å². The second-order valence-corrected chi connectivity index (χ2v) is 6.61. The lowest BCUT2D eigenvalue weighted by Gasteiger charge is -2.30. The number of amides is 2. The molecule has 0 bridgehead atoms. The van der Waals surface area contributed by atoms with E-state index >= 15 is 0 Å². The predicted octanol–water partition coefficient (Wildman–Crippen LogP) is 3.58. The van der Waals surface area contributed by atoms with E-state index in [-0.39, 0.29) is 18.7 Å². The van der Waals surface area contributed by atoms with E-state index in [4.69, 9.17) is 0 Å². The fourth-order valence-electron chi connectivity index (χ4n) is 3.58. The molecule has 25 heavy (non-hydrogen) atoms. The Labute approximate surface area is 149 Å². The van der Waals surface area contributed by atoms with Crippen molar-refractivity contribution in [1.29, 1.82) is 0 Å². The van der Waals surface area contributed by atoms with Crippen molar-refractivity contribution in [3.05, 3.63) is 70.8 Å². The number of fused-ring (bicyclic) bond motifs is 1. The molecule has 0 heterocycles. The molecule has 0 aliphatic heterocycles. The summed E-state index contributed by atoms with van der Waals surface area (Å²) in [5, 5.41) is 12.3. The summed E-state index contributed by atoms with van der Waals surface area (Å²) in [4.78, 5) is 14.8. The van der Waals surface area contributed by atoms with E-state index in [1.54, 1.807) is 0 Å². The van der Waals surface area contributed by atoms with Crippen LogP contribution in [0.3, 0.4) is 0 Å². The highest BCUT2D eigenvalue weighted by atomic mass is 16.3. The first-order valence-corrected chi connectivity index (χ1v) is 8.98. The van der Waals surface area contributed by atoms with Gasteiger partial charge in [-0.2, -0.15) is 0 Å². The van der Waals surface area contributed by atoms with Gasteiger partial charge in [0.1, 0.15) is 0 Å². The summed E-state index contributed by atoms with van der Waals surface area (Å²) >= 11 is 0. The number of carbonyl (C=O) groups excluding carboxylic acids is 1. The monoisotopic (exact) mass is 338 g/mol. The number of aliphatic hydroxyl groups is 1. The van der Waals surface area contributed by atoms with Crippen LogP contribution in [0.4, 0.5) is 4.79 Å². The number of aryl methyl sites for hydroxylation is 2. The highest BCUT2D eigenvalue weighted by molar-refractivity contribution is 5.75. The Kier molecular flexibility index (Phi) is 5.71. The van der Waals surface area contributed by atoms with Crippen molar-refractivity contribution < 1.29 is 9.90 Å². The van der Waals surface area contributed by atoms with Crippen molar-refractivity contribution in [3.63, 3.8) is 0 Å². The number of nitrogens with zero attached hydrogens (tertiary/aromatic N) is 1. The van der Waals surface area contributed by atoms with Crippen molar-refractivity contribution in [2.45, 2.75) is 38.8 Å². The van der Waals surface area contributed by atoms with Gasteiger partial charge in [0.25, 0.3) is 0 Å². The Balaban J connectivity index is 1.72. The Hall–Kier alpha value is -2.33. The Morgan fingerprint density at radius 2 is 1.96 bits per heavy atom. The third kappa shape index (κ3) is 4.02. The van der Waals surface area contributed by atoms with E-state index < -0.39 is 0 Å². The van der Waals surface area contributed by atoms with Crippen LogP contribution in [0.15, 0.2) is 48.5 Å². The fourth-order valence-corrected chi connectivity index (χ4v) is 3.58. The van der Waals surface area contributed by atoms with Crippen LogP contribution in [-0.2, 0) is 13.0 Å². The number of urea groups is 1. The highest BCUT2D eigenvalue weighted by Gasteiger charge is 2.30. The van der Waals surface area contributed by atoms with Gasteiger partial charge in [0, 0.05) is 19.7 Å². The molecule has 4 nitrogen and oxygen atoms in total. The molecule has 2 aromatic rings. The number of hydrogen-bond donors (Lipinski definition) is 2. The summed E-state index contributed by atoms with van der Waals surface area (Å²) in [5.74, 6) is 0. The van der Waals surface area contributed by atoms with Gasteiger partial charge in [0.05, 0.1) is 6.04 Å². The minimum absolute atomic E-state index is 0.0570. The normalized spacial score (nSPS) is 15.7. The van der Waals surface area contributed by atoms with E-state index in [0.29, 0.717) is 19.5 Å². The van der Waals surface area contributed by atoms with Gasteiger partial charge in [-0.15, -0.1) is 0 Å². The largest absolute Gasteiger partial charge is 0.396 e. The van der Waals surface area contributed by atoms with Crippen LogP contribution in [0.5, 0.6) is 0 Å². The van der Waals surface area contributed by atoms with Crippen molar-refractivity contribution in [2.24, 2.45) is 0 Å². The van der Waals surface area contributed by atoms with E-state index in [0.717, 1.165) is 18.4 Å². The topological polar surface area (TPSA) is 52.6 Å². The molecular formula is C21H26N2O2. The van der Waals surface area contributed by atoms with Crippen LogP contribution in [0.2, 0.25) is 0 Å². The lowest BCUT2D eigenvalue weighted by atomic mass is 10.1. The minimum atomic E-state index is -0.0570. The number of hydrogen-bond acceptors (Lipinski definition) is 2. The maximum absolute atomic E-state index is 12.9. The van der Waals surface area contributed by atoms with Crippen LogP contribution in [0, 0.1) is 6.92 Å². The molecule has 4 heteroatoms. The van der Waals surface area contributed by atoms with Gasteiger partial charge < -0.3 is 15.3 Å². The average Bonchev–Trinajstić information content (AvgIpc) is 3.05. The first kappa shape index (κ1) is 17.5. The molecule has 0 fully saturated rings. The molecular weight excluding hydrogens is 312 g/mol. The van der Waals surface area contributed by atoms with Gasteiger partial charge in [-0.05, 0) is 48.4 Å². The zero-order valence-electron chi connectivity index (χ0n) is 14.7. The van der Waals surface area contributed by atoms with Crippen molar-refractivity contribution in [1.82, 2.24) is 10.2 Å². The van der Waals surface area contributed by atoms with Gasteiger partial charge >= 0.3 is 6.03 Å². The molecule has 2 amide bonds. The van der Waals surface area contributed by atoms with Crippen molar-refractivity contribution in [3.8, 4) is 0 Å². The van der Waals surface area contributed by atoms with E-state index in [1.165, 1.54) is 16.7 Å². The SMILES string of the molecule is Cc1ccccc1CNC(=O)N(CCCO)C1CCc2ccccc21. The van der Waals surface area contributed by atoms with Crippen molar-refractivity contribution in [2.75, 3.05) is 13.2 Å². The zero-order valence-corrected chi connectivity index (χ0v) is 14.7. The first-order valence-electron chi connectivity index (χ1n) is 8.98. The van der Waals surface area contributed by atoms with Crippen molar-refractivity contribution >= 4 is 6.03 Å². The summed E-state index contributed by atoms with van der Waals surface area (Å²) in [6.45, 7) is 3.23. The lowest BCUT2D eigenvalue weighted by Crippen LogP contribution is -2.42. The number of rotatable bonds is 6. The van der Waals surface area contributed by atoms with Gasteiger partial charge in [-0.25, -0.2) is 4.79 Å². The molecule has 0 spiro atoms. The number of carbonyl (C=O) groups is 1. The molecule has 132 valence electrons. The molecule has 0 saturated heterocycles. The van der Waals surface area contributed by atoms with Crippen LogP contribution in [-0.4, -0.2) is 29.2 Å². The lowest BCUT2D eigenvalue weighted by molar-refractivity contribution is 0.164. The summed E-state index contributed by atoms with van der Waals surface area (Å²) in [7, 11) is 0. The molecule has 1 atom stereocenters. The third-order valence-electron chi connectivity index (χ3n) is 4.99. The Bertz CT molecular complexity index is 729. The average molecular weight is 338 g/mol. The number of nitrogens with one attached hydrogen (secondary N) is 1. The van der Waals surface area contributed by atoms with E-state index in [2.05, 4.69) is 36.5 Å². The quantitative estimate of drug-likeness (QED) is 0.846. The van der Waals surface area contributed by atoms with E-state index in [9.17, 15) is 9.90 Å². The molecule has 0 radical (unpaired) electrons. The molecule has 2 N–H and O–H groups in total. The summed E-state index contributed by atoms with van der Waals surface area (Å²) in [6.07, 6.45) is 2.54. The number of benzene rings is 2. The van der Waals surface area contributed by atoms with Gasteiger partial charge in [-0.3, -0.25) is 0 Å². The second-order valence-electron chi connectivity index (χ2n) is 6.61. The molecule has 3 rings (SSSR count). The number of aliphatic hydroxyl groups excluding tert-OH is 1. The zero-order chi connectivity index (χ0) is 17.6. The Morgan fingerprint density at radius 1 is 1.20 bits per heavy atom. The smallest absolute Gasteiger partial charge is 0.318 e. The Morgan fingerprint density at radius 3 is 2.76 bits per heavy atom. The maximum Gasteiger partial charge on any atom is 0.318 e. The second kappa shape index (κ2) is 8.17. The van der Waals surface area contributed by atoms with Gasteiger partial charge in [0.2, 0.25) is 0 Å². The van der Waals surface area contributed by atoms with Crippen LogP contribution in [0.1, 0.15) is 41.1 Å². The molecule has 2 aromatic carbocycles. The summed E-state index contributed by atoms with van der Waals surface area (Å²) in [5.41, 5.74) is 4.88. The molecule has 1 aliphatic rings. The highest BCUT2D eigenvalue weighted by Crippen LogP contribution is 2.35. The maximum atomic E-state index is 12.9. The van der Waals surface area contributed by atoms with Gasteiger partial charge in [-0.1, -0.05) is 48.5 Å². The third-order valence-corrected chi connectivity index (χ3v) is 4.99. The standard InChI is InChI=1S/C21H26N2O2/c1-16-7-2-3-9-18(16)15-22-21(25)23(13-6-14-24)20-12-11-17-8-4-5-10-19(17)20/h2-5,7-10,20,24H,6,11-15H2,1H3,(H,22,25). The van der Waals surface area contributed by atoms with Crippen LogP contribution >= 0.6 is 0 Å². The summed E-state index contributed by atoms with van der Waals surface area (Å²) < 4.78 is 0. The fraction of sp³-hybridized carbons (Fsp3) is 0.381. The first-order chi connectivity index (χ1) is 12.2. The van der Waals surface area contributed by atoms with Gasteiger partial charge in [0.15, 0.2) is 0 Å². The van der Waals surface area contributed by atoms with Crippen LogP contribution in [0.25, 0.3) is 0 Å². The molecule has 0 aromatic heterocycles. The molecule has 1 unspecified atom stereocenters. The van der Waals surface area contributed by atoms with E-state index in [1.807, 2.05) is 29.2 Å². The minimum Gasteiger partial charge on any atom is -0.396 e. The predicted molar refractivity (Wildman–Crippen MR) is 99.3 cm³/mol. The molecule has 0 saturated carbocycles. The molecule has 1 aliphatic carbocycles.